The van der Waals surface area contributed by atoms with E-state index in [1.54, 1.807) is 4.90 Å². The Morgan fingerprint density at radius 3 is 3.11 bits per heavy atom. The topological polar surface area (TPSA) is 49.8 Å². The molecule has 1 N–H and O–H groups in total. The molecule has 1 aliphatic rings. The van der Waals surface area contributed by atoms with Crippen LogP contribution in [0.15, 0.2) is 28.7 Å². The molecule has 1 amide bonds. The number of nitrogens with zero attached hydrogens (tertiary/aromatic N) is 1. The third kappa shape index (κ3) is 3.23. The second kappa shape index (κ2) is 6.20. The Labute approximate surface area is 115 Å². The zero-order chi connectivity index (χ0) is 13.0. The Morgan fingerprint density at radius 2 is 2.39 bits per heavy atom. The monoisotopic (exact) mass is 313 g/mol. The van der Waals surface area contributed by atoms with Crippen molar-refractivity contribution >= 4 is 21.8 Å². The van der Waals surface area contributed by atoms with Gasteiger partial charge in [-0.3, -0.25) is 4.79 Å². The van der Waals surface area contributed by atoms with E-state index in [1.807, 2.05) is 24.3 Å². The molecule has 98 valence electrons. The number of aliphatic hydroxyl groups excluding tert-OH is 1. The number of likely N-dealkylation sites (tertiary alicyclic amines) is 1. The lowest BCUT2D eigenvalue weighted by Gasteiger charge is -2.22. The quantitative estimate of drug-likeness (QED) is 0.922. The number of benzene rings is 1. The molecular weight excluding hydrogens is 298 g/mol. The van der Waals surface area contributed by atoms with Crippen molar-refractivity contribution in [3.63, 3.8) is 0 Å². The van der Waals surface area contributed by atoms with Crippen LogP contribution in [0, 0.1) is 0 Å². The summed E-state index contributed by atoms with van der Waals surface area (Å²) in [6.45, 7) is 0.765. The molecule has 1 fully saturated rings. The molecule has 0 aromatic heterocycles. The highest BCUT2D eigenvalue weighted by molar-refractivity contribution is 9.10. The number of carbonyl (C=O) groups is 1. The molecule has 0 spiro atoms. The molecule has 0 radical (unpaired) electrons. The summed E-state index contributed by atoms with van der Waals surface area (Å²) in [5, 5.41) is 9.17. The van der Waals surface area contributed by atoms with E-state index < -0.39 is 0 Å². The predicted molar refractivity (Wildman–Crippen MR) is 71.5 cm³/mol. The van der Waals surface area contributed by atoms with Gasteiger partial charge < -0.3 is 14.7 Å². The standard InChI is InChI=1S/C13H16BrNO3/c14-10-3-1-5-12(7-10)18-9-13(17)15-6-2-4-11(15)8-16/h1,3,5,7,11,16H,2,4,6,8-9H2/t11-/m1/s1. The van der Waals surface area contributed by atoms with Gasteiger partial charge in [0.2, 0.25) is 0 Å². The van der Waals surface area contributed by atoms with Crippen molar-refractivity contribution in [2.24, 2.45) is 0 Å². The second-order valence-corrected chi connectivity index (χ2v) is 5.23. The van der Waals surface area contributed by atoms with E-state index in [1.165, 1.54) is 0 Å². The van der Waals surface area contributed by atoms with Gasteiger partial charge in [-0.05, 0) is 31.0 Å². The number of halogens is 1. The second-order valence-electron chi connectivity index (χ2n) is 4.31. The number of amides is 1. The number of rotatable bonds is 4. The Morgan fingerprint density at radius 1 is 1.56 bits per heavy atom. The number of hydrogen-bond donors (Lipinski definition) is 1. The normalized spacial score (nSPS) is 19.0. The van der Waals surface area contributed by atoms with Gasteiger partial charge in [-0.2, -0.15) is 0 Å². The van der Waals surface area contributed by atoms with Crippen molar-refractivity contribution in [2.75, 3.05) is 19.8 Å². The fourth-order valence-electron chi connectivity index (χ4n) is 2.14. The van der Waals surface area contributed by atoms with Gasteiger partial charge in [0.1, 0.15) is 5.75 Å². The van der Waals surface area contributed by atoms with Crippen LogP contribution < -0.4 is 4.74 Å². The predicted octanol–water partition coefficient (Wildman–Crippen LogP) is 1.81. The highest BCUT2D eigenvalue weighted by Crippen LogP contribution is 2.19. The van der Waals surface area contributed by atoms with Crippen molar-refractivity contribution in [3.05, 3.63) is 28.7 Å². The van der Waals surface area contributed by atoms with Gasteiger partial charge in [-0.25, -0.2) is 0 Å². The fraction of sp³-hybridized carbons (Fsp3) is 0.462. The first-order valence-corrected chi connectivity index (χ1v) is 6.78. The van der Waals surface area contributed by atoms with Crippen molar-refractivity contribution in [2.45, 2.75) is 18.9 Å². The Balaban J connectivity index is 1.88. The summed E-state index contributed by atoms with van der Waals surface area (Å²) in [6, 6.07) is 7.35. The maximum Gasteiger partial charge on any atom is 0.260 e. The lowest BCUT2D eigenvalue weighted by Crippen LogP contribution is -2.40. The zero-order valence-electron chi connectivity index (χ0n) is 10.0. The van der Waals surface area contributed by atoms with Crippen molar-refractivity contribution in [3.8, 4) is 5.75 Å². The van der Waals surface area contributed by atoms with Gasteiger partial charge in [0.15, 0.2) is 6.61 Å². The first-order valence-electron chi connectivity index (χ1n) is 5.99. The van der Waals surface area contributed by atoms with Gasteiger partial charge in [-0.1, -0.05) is 22.0 Å². The molecule has 18 heavy (non-hydrogen) atoms. The van der Waals surface area contributed by atoms with Crippen LogP contribution in [0.1, 0.15) is 12.8 Å². The Hall–Kier alpha value is -1.07. The van der Waals surface area contributed by atoms with E-state index in [2.05, 4.69) is 15.9 Å². The maximum atomic E-state index is 12.0. The number of carbonyl (C=O) groups excluding carboxylic acids is 1. The lowest BCUT2D eigenvalue weighted by atomic mass is 10.2. The minimum Gasteiger partial charge on any atom is -0.484 e. The summed E-state index contributed by atoms with van der Waals surface area (Å²) < 4.78 is 6.37. The SMILES string of the molecule is O=C(COc1cccc(Br)c1)N1CCC[C@@H]1CO. The van der Waals surface area contributed by atoms with E-state index in [9.17, 15) is 4.79 Å². The molecule has 0 unspecified atom stereocenters. The number of aliphatic hydroxyl groups is 1. The number of hydrogen-bond acceptors (Lipinski definition) is 3. The number of ether oxygens (including phenoxy) is 1. The molecule has 2 rings (SSSR count). The Kier molecular flexibility index (Phi) is 4.60. The minimum atomic E-state index is -0.0634. The van der Waals surface area contributed by atoms with Crippen LogP contribution in [0.5, 0.6) is 5.75 Å². The van der Waals surface area contributed by atoms with Gasteiger partial charge in [0.25, 0.3) is 5.91 Å². The van der Waals surface area contributed by atoms with Crippen LogP contribution in [0.2, 0.25) is 0 Å². The highest BCUT2D eigenvalue weighted by Gasteiger charge is 2.27. The van der Waals surface area contributed by atoms with Gasteiger partial charge >= 0.3 is 0 Å². The summed E-state index contributed by atoms with van der Waals surface area (Å²) in [4.78, 5) is 13.7. The summed E-state index contributed by atoms with van der Waals surface area (Å²) in [6.07, 6.45) is 1.83. The summed E-state index contributed by atoms with van der Waals surface area (Å²) in [7, 11) is 0. The molecule has 1 aromatic rings. The fourth-order valence-corrected chi connectivity index (χ4v) is 2.52. The smallest absolute Gasteiger partial charge is 0.260 e. The van der Waals surface area contributed by atoms with Gasteiger partial charge in [-0.15, -0.1) is 0 Å². The third-order valence-corrected chi connectivity index (χ3v) is 3.56. The molecule has 0 aliphatic carbocycles. The van der Waals surface area contributed by atoms with E-state index in [0.29, 0.717) is 12.3 Å². The molecule has 0 bridgehead atoms. The van der Waals surface area contributed by atoms with Crippen LogP contribution in [0.3, 0.4) is 0 Å². The van der Waals surface area contributed by atoms with E-state index in [-0.39, 0.29) is 25.2 Å². The molecule has 1 heterocycles. The van der Waals surface area contributed by atoms with Crippen LogP contribution in [-0.4, -0.2) is 41.7 Å². The lowest BCUT2D eigenvalue weighted by molar-refractivity contribution is -0.134. The molecule has 0 saturated carbocycles. The molecule has 1 aromatic carbocycles. The molecule has 4 nitrogen and oxygen atoms in total. The highest BCUT2D eigenvalue weighted by atomic mass is 79.9. The zero-order valence-corrected chi connectivity index (χ0v) is 11.6. The molecule has 5 heteroatoms. The molecular formula is C13H16BrNO3. The van der Waals surface area contributed by atoms with Crippen LogP contribution in [0.4, 0.5) is 0 Å². The molecule has 1 saturated heterocycles. The van der Waals surface area contributed by atoms with E-state index in [4.69, 9.17) is 9.84 Å². The third-order valence-electron chi connectivity index (χ3n) is 3.07. The van der Waals surface area contributed by atoms with Crippen LogP contribution in [0.25, 0.3) is 0 Å². The summed E-state index contributed by atoms with van der Waals surface area (Å²) in [5.41, 5.74) is 0. The molecule has 1 aliphatic heterocycles. The minimum absolute atomic E-state index is 0.0208. The summed E-state index contributed by atoms with van der Waals surface area (Å²) in [5.74, 6) is 0.601. The average molecular weight is 314 g/mol. The van der Waals surface area contributed by atoms with Crippen LogP contribution >= 0.6 is 15.9 Å². The van der Waals surface area contributed by atoms with Gasteiger partial charge in [0, 0.05) is 11.0 Å². The van der Waals surface area contributed by atoms with Crippen molar-refractivity contribution < 1.29 is 14.6 Å². The Bertz CT molecular complexity index is 424. The average Bonchev–Trinajstić information content (AvgIpc) is 2.84. The van der Waals surface area contributed by atoms with Crippen molar-refractivity contribution in [1.29, 1.82) is 0 Å². The van der Waals surface area contributed by atoms with E-state index >= 15 is 0 Å². The van der Waals surface area contributed by atoms with Crippen LogP contribution in [-0.2, 0) is 4.79 Å². The van der Waals surface area contributed by atoms with Gasteiger partial charge in [0.05, 0.1) is 12.6 Å². The first-order chi connectivity index (χ1) is 8.70. The molecule has 1 atom stereocenters. The maximum absolute atomic E-state index is 12.0. The van der Waals surface area contributed by atoms with Crippen molar-refractivity contribution in [1.82, 2.24) is 4.90 Å². The largest absolute Gasteiger partial charge is 0.484 e. The van der Waals surface area contributed by atoms with E-state index in [0.717, 1.165) is 17.3 Å². The summed E-state index contributed by atoms with van der Waals surface area (Å²) >= 11 is 3.35. The first kappa shape index (κ1) is 13.4.